The predicted octanol–water partition coefficient (Wildman–Crippen LogP) is 3.82. The highest BCUT2D eigenvalue weighted by atomic mass is 32.1. The maximum absolute atomic E-state index is 13.6. The summed E-state index contributed by atoms with van der Waals surface area (Å²) >= 11 is 1.67. The molecule has 26 heavy (non-hydrogen) atoms. The van der Waals surface area contributed by atoms with E-state index in [4.69, 9.17) is 4.74 Å². The number of thiophene rings is 1. The molecule has 3 heterocycles. The van der Waals surface area contributed by atoms with Gasteiger partial charge in [0, 0.05) is 31.2 Å². The number of aromatic hydroxyl groups is 1. The van der Waals surface area contributed by atoms with E-state index in [1.807, 2.05) is 28.5 Å². The maximum atomic E-state index is 13.6. The number of phenols is 1. The second-order valence-corrected chi connectivity index (χ2v) is 7.91. The van der Waals surface area contributed by atoms with Crippen LogP contribution in [0.1, 0.15) is 29.7 Å². The molecule has 2 aliphatic rings. The lowest BCUT2D eigenvalue weighted by Crippen LogP contribution is -2.50. The largest absolute Gasteiger partial charge is 0.508 e. The van der Waals surface area contributed by atoms with Crippen LogP contribution in [-0.2, 0) is 14.9 Å². The highest BCUT2D eigenvalue weighted by molar-refractivity contribution is 7.10. The Balaban J connectivity index is 1.60. The molecular formula is C21H23NO3S. The quantitative estimate of drug-likeness (QED) is 0.895. The lowest BCUT2D eigenvalue weighted by Gasteiger charge is -2.40. The second-order valence-electron chi connectivity index (χ2n) is 6.97. The molecule has 0 bridgehead atoms. The van der Waals surface area contributed by atoms with Gasteiger partial charge in [0.15, 0.2) is 0 Å². The van der Waals surface area contributed by atoms with Crippen LogP contribution in [0.3, 0.4) is 0 Å². The molecule has 2 aliphatic heterocycles. The number of carbonyl (C=O) groups excluding carboxylic acids is 1. The van der Waals surface area contributed by atoms with Gasteiger partial charge >= 0.3 is 0 Å². The molecule has 1 aromatic heterocycles. The average Bonchev–Trinajstić information content (AvgIpc) is 3.23. The Morgan fingerprint density at radius 1 is 1.19 bits per heavy atom. The molecule has 0 atom stereocenters. The Kier molecular flexibility index (Phi) is 4.83. The average molecular weight is 369 g/mol. The molecule has 136 valence electrons. The van der Waals surface area contributed by atoms with E-state index in [9.17, 15) is 9.90 Å². The van der Waals surface area contributed by atoms with Crippen molar-refractivity contribution in [2.45, 2.75) is 24.7 Å². The van der Waals surface area contributed by atoms with Gasteiger partial charge in [-0.15, -0.1) is 11.3 Å². The van der Waals surface area contributed by atoms with Gasteiger partial charge in [-0.1, -0.05) is 24.3 Å². The fraction of sp³-hybridized carbons (Fsp3) is 0.381. The van der Waals surface area contributed by atoms with E-state index in [-0.39, 0.29) is 11.7 Å². The van der Waals surface area contributed by atoms with E-state index >= 15 is 0 Å². The van der Waals surface area contributed by atoms with E-state index in [1.54, 1.807) is 23.5 Å². The molecule has 0 aliphatic carbocycles. The van der Waals surface area contributed by atoms with Gasteiger partial charge in [-0.25, -0.2) is 0 Å². The van der Waals surface area contributed by atoms with Crippen LogP contribution >= 0.6 is 11.3 Å². The summed E-state index contributed by atoms with van der Waals surface area (Å²) in [7, 11) is 0. The third kappa shape index (κ3) is 3.17. The van der Waals surface area contributed by atoms with Crippen LogP contribution in [-0.4, -0.2) is 42.2 Å². The second kappa shape index (κ2) is 7.25. The van der Waals surface area contributed by atoms with Gasteiger partial charge in [0.1, 0.15) is 5.75 Å². The summed E-state index contributed by atoms with van der Waals surface area (Å²) in [5.41, 5.74) is 1.64. The van der Waals surface area contributed by atoms with Crippen molar-refractivity contribution in [2.24, 2.45) is 0 Å². The summed E-state index contributed by atoms with van der Waals surface area (Å²) in [6.07, 6.45) is 4.51. The van der Waals surface area contributed by atoms with E-state index < -0.39 is 5.41 Å². The smallest absolute Gasteiger partial charge is 0.234 e. The molecule has 0 radical (unpaired) electrons. The summed E-state index contributed by atoms with van der Waals surface area (Å²) in [5, 5.41) is 11.8. The van der Waals surface area contributed by atoms with Gasteiger partial charge in [-0.3, -0.25) is 4.79 Å². The van der Waals surface area contributed by atoms with Crippen molar-refractivity contribution in [3.63, 3.8) is 0 Å². The molecule has 1 N–H and O–H groups in total. The number of rotatable bonds is 3. The first-order chi connectivity index (χ1) is 12.7. The molecular weight excluding hydrogens is 346 g/mol. The van der Waals surface area contributed by atoms with Gasteiger partial charge in [0.2, 0.25) is 5.91 Å². The van der Waals surface area contributed by atoms with Crippen molar-refractivity contribution in [3.8, 4) is 5.75 Å². The highest BCUT2D eigenvalue weighted by Gasteiger charge is 2.45. The van der Waals surface area contributed by atoms with Crippen molar-refractivity contribution in [1.82, 2.24) is 4.90 Å². The van der Waals surface area contributed by atoms with Crippen LogP contribution in [0.15, 0.2) is 47.9 Å². The zero-order chi connectivity index (χ0) is 18.0. The Labute approximate surface area is 157 Å². The third-order valence-electron chi connectivity index (χ3n) is 5.40. The standard InChI is InChI=1S/C21H23NO3S/c23-18-6-1-4-16(14-18)17-5-2-10-22(15-17)20(24)21(8-11-25-12-9-21)19-7-3-13-26-19/h1,3-7,13-14,23H,2,8-12,15H2. The zero-order valence-corrected chi connectivity index (χ0v) is 15.5. The minimum atomic E-state index is -0.451. The Hall–Kier alpha value is -2.11. The SMILES string of the molecule is O=C(N1CCC=C(c2cccc(O)c2)C1)C1(c2cccs2)CCOCC1. The van der Waals surface area contributed by atoms with E-state index in [0.29, 0.717) is 19.8 Å². The van der Waals surface area contributed by atoms with Crippen LogP contribution < -0.4 is 0 Å². The first-order valence-corrected chi connectivity index (χ1v) is 9.96. The van der Waals surface area contributed by atoms with Gasteiger partial charge in [0.05, 0.1) is 5.41 Å². The van der Waals surface area contributed by atoms with Gasteiger partial charge < -0.3 is 14.7 Å². The summed E-state index contributed by atoms with van der Waals surface area (Å²) < 4.78 is 5.56. The minimum absolute atomic E-state index is 0.217. The number of ether oxygens (including phenoxy) is 1. The highest BCUT2D eigenvalue weighted by Crippen LogP contribution is 2.40. The van der Waals surface area contributed by atoms with Crippen molar-refractivity contribution < 1.29 is 14.6 Å². The minimum Gasteiger partial charge on any atom is -0.508 e. The van der Waals surface area contributed by atoms with Gasteiger partial charge in [-0.2, -0.15) is 0 Å². The van der Waals surface area contributed by atoms with Gasteiger partial charge in [0.25, 0.3) is 0 Å². The molecule has 1 fully saturated rings. The summed E-state index contributed by atoms with van der Waals surface area (Å²) in [4.78, 5) is 16.8. The van der Waals surface area contributed by atoms with Crippen LogP contribution in [0.4, 0.5) is 0 Å². The first kappa shape index (κ1) is 17.3. The van der Waals surface area contributed by atoms with Crippen molar-refractivity contribution in [1.29, 1.82) is 0 Å². The summed E-state index contributed by atoms with van der Waals surface area (Å²) in [6.45, 7) is 2.60. The molecule has 5 heteroatoms. The van der Waals surface area contributed by atoms with Crippen LogP contribution in [0, 0.1) is 0 Å². The molecule has 2 aromatic rings. The number of benzene rings is 1. The first-order valence-electron chi connectivity index (χ1n) is 9.09. The van der Waals surface area contributed by atoms with Crippen LogP contribution in [0.2, 0.25) is 0 Å². The molecule has 0 unspecified atom stereocenters. The molecule has 1 aromatic carbocycles. The van der Waals surface area contributed by atoms with Crippen molar-refractivity contribution >= 4 is 22.8 Å². The zero-order valence-electron chi connectivity index (χ0n) is 14.7. The van der Waals surface area contributed by atoms with Crippen LogP contribution in [0.5, 0.6) is 5.75 Å². The predicted molar refractivity (Wildman–Crippen MR) is 103 cm³/mol. The third-order valence-corrected chi connectivity index (χ3v) is 6.48. The summed E-state index contributed by atoms with van der Waals surface area (Å²) in [5.74, 6) is 0.473. The molecule has 0 saturated carbocycles. The number of amides is 1. The van der Waals surface area contributed by atoms with Gasteiger partial charge in [-0.05, 0) is 54.0 Å². The lowest BCUT2D eigenvalue weighted by molar-refractivity contribution is -0.140. The number of hydrogen-bond acceptors (Lipinski definition) is 4. The fourth-order valence-corrected chi connectivity index (χ4v) is 4.95. The molecule has 4 nitrogen and oxygen atoms in total. The fourth-order valence-electron chi connectivity index (χ4n) is 3.97. The summed E-state index contributed by atoms with van der Waals surface area (Å²) in [6, 6.07) is 11.4. The van der Waals surface area contributed by atoms with E-state index in [1.165, 1.54) is 0 Å². The number of phenolic OH excluding ortho intramolecular Hbond substituents is 1. The Morgan fingerprint density at radius 2 is 2.04 bits per heavy atom. The molecule has 1 amide bonds. The molecule has 0 spiro atoms. The molecule has 1 saturated heterocycles. The van der Waals surface area contributed by atoms with Crippen molar-refractivity contribution in [2.75, 3.05) is 26.3 Å². The van der Waals surface area contributed by atoms with E-state index in [0.717, 1.165) is 41.8 Å². The molecule has 4 rings (SSSR count). The monoisotopic (exact) mass is 369 g/mol. The maximum Gasteiger partial charge on any atom is 0.234 e. The lowest BCUT2D eigenvalue weighted by atomic mass is 9.77. The number of hydrogen-bond donors (Lipinski definition) is 1. The topological polar surface area (TPSA) is 49.8 Å². The number of nitrogens with zero attached hydrogens (tertiary/aromatic N) is 1. The normalized spacial score (nSPS) is 19.8. The van der Waals surface area contributed by atoms with E-state index in [2.05, 4.69) is 12.1 Å². The Morgan fingerprint density at radius 3 is 2.77 bits per heavy atom. The number of carbonyl (C=O) groups is 1. The van der Waals surface area contributed by atoms with Crippen molar-refractivity contribution in [3.05, 3.63) is 58.3 Å². The van der Waals surface area contributed by atoms with Crippen LogP contribution in [0.25, 0.3) is 5.57 Å². The Bertz CT molecular complexity index is 806.